The van der Waals surface area contributed by atoms with Gasteiger partial charge in [0.2, 0.25) is 0 Å². The van der Waals surface area contributed by atoms with Gasteiger partial charge in [0.15, 0.2) is 0 Å². The fourth-order valence-electron chi connectivity index (χ4n) is 1.61. The molecule has 1 aromatic rings. The van der Waals surface area contributed by atoms with Crippen LogP contribution in [-0.2, 0) is 36.1 Å². The standard InChI is InChI=1S/C10H12OS.3CO.Cr/c1-7-8-5-3-4-6-9(8)10(11-7)12-2;3*1-2;/h3-7,10H,1-2H3;;;;/t7-,10-;;;;/m1..../s1. The Morgan fingerprint density at radius 2 is 1.42 bits per heavy atom. The average molecular weight is 316 g/mol. The van der Waals surface area contributed by atoms with E-state index in [1.54, 1.807) is 11.8 Å². The summed E-state index contributed by atoms with van der Waals surface area (Å²) in [5.74, 6) is 0. The molecular weight excluding hydrogens is 304 g/mol. The fourth-order valence-corrected chi connectivity index (χ4v) is 2.36. The minimum atomic E-state index is 0. The van der Waals surface area contributed by atoms with Gasteiger partial charge < -0.3 is 4.74 Å². The van der Waals surface area contributed by atoms with Crippen molar-refractivity contribution in [2.45, 2.75) is 18.5 Å². The summed E-state index contributed by atoms with van der Waals surface area (Å²) in [6.07, 6.45) is 2.35. The molecule has 0 unspecified atom stereocenters. The van der Waals surface area contributed by atoms with Gasteiger partial charge in [-0.25, -0.2) is 0 Å². The summed E-state index contributed by atoms with van der Waals surface area (Å²) in [6, 6.07) is 8.45. The van der Waals surface area contributed by atoms with Crippen LogP contribution in [0.5, 0.6) is 0 Å². The van der Waals surface area contributed by atoms with E-state index >= 15 is 0 Å². The van der Waals surface area contributed by atoms with Gasteiger partial charge in [0.05, 0.1) is 6.10 Å². The Bertz CT molecular complexity index is 389. The third kappa shape index (κ3) is 6.85. The van der Waals surface area contributed by atoms with Gasteiger partial charge in [0.25, 0.3) is 0 Å². The Hall–Kier alpha value is -0.718. The number of hydrogen-bond acceptors (Lipinski definition) is 2. The smallest absolute Gasteiger partial charge is 0 e. The summed E-state index contributed by atoms with van der Waals surface area (Å²) in [5.41, 5.74) is 2.94. The zero-order chi connectivity index (χ0) is 14.6. The molecule has 0 aliphatic carbocycles. The molecule has 1 heterocycles. The van der Waals surface area contributed by atoms with Gasteiger partial charge in [-0.05, 0) is 24.3 Å². The first-order valence-corrected chi connectivity index (χ1v) is 6.00. The Kier molecular flexibility index (Phi) is 18.9. The zero-order valence-corrected chi connectivity index (χ0v) is 12.5. The molecule has 2 rings (SSSR count). The molecule has 1 aliphatic rings. The molecular formula is C13H12CrO4S. The fraction of sp³-hybridized carbons (Fsp3) is 0.308. The molecule has 0 fully saturated rings. The predicted octanol–water partition coefficient (Wildman–Crippen LogP) is 3.02. The minimum Gasteiger partial charge on any atom is 0 e. The maximum Gasteiger partial charge on any atom is 0 e. The van der Waals surface area contributed by atoms with Crippen LogP contribution in [0.4, 0.5) is 0 Å². The molecule has 0 radical (unpaired) electrons. The van der Waals surface area contributed by atoms with Crippen LogP contribution >= 0.6 is 11.8 Å². The van der Waals surface area contributed by atoms with E-state index < -0.39 is 0 Å². The van der Waals surface area contributed by atoms with Crippen LogP contribution in [0, 0.1) is 20.0 Å². The first-order chi connectivity index (χ1) is 8.83. The monoisotopic (exact) mass is 316 g/mol. The Balaban J connectivity index is -0.000000325. The number of thioether (sulfide) groups is 1. The van der Waals surface area contributed by atoms with Crippen molar-refractivity contribution in [2.24, 2.45) is 0 Å². The molecule has 1 aliphatic heterocycles. The van der Waals surface area contributed by atoms with Gasteiger partial charge in [0.1, 0.15) is 5.44 Å². The number of ether oxygens (including phenoxy) is 1. The van der Waals surface area contributed by atoms with Gasteiger partial charge in [0, 0.05) is 17.4 Å². The summed E-state index contributed by atoms with van der Waals surface area (Å²) >= 11 is 1.76. The van der Waals surface area contributed by atoms with E-state index in [0.717, 1.165) is 0 Å². The summed E-state index contributed by atoms with van der Waals surface area (Å²) in [4.78, 5) is 0. The number of hydrogen-bond donors (Lipinski definition) is 0. The molecule has 6 heteroatoms. The first kappa shape index (κ1) is 23.4. The van der Waals surface area contributed by atoms with Gasteiger partial charge in [-0.2, -0.15) is 0 Å². The van der Waals surface area contributed by atoms with Crippen LogP contribution in [0.2, 0.25) is 0 Å². The van der Waals surface area contributed by atoms with Gasteiger partial charge in [-0.1, -0.05) is 24.3 Å². The van der Waals surface area contributed by atoms with E-state index in [1.807, 2.05) is 0 Å². The second-order valence-electron chi connectivity index (χ2n) is 2.97. The van der Waals surface area contributed by atoms with Crippen LogP contribution in [-0.4, -0.2) is 6.26 Å². The molecule has 0 aromatic heterocycles. The predicted molar refractivity (Wildman–Crippen MR) is 64.0 cm³/mol. The van der Waals surface area contributed by atoms with Gasteiger partial charge in [-0.15, -0.1) is 11.8 Å². The van der Waals surface area contributed by atoms with Crippen molar-refractivity contribution in [3.8, 4) is 0 Å². The van der Waals surface area contributed by atoms with Crippen LogP contribution in [0.15, 0.2) is 24.3 Å². The van der Waals surface area contributed by atoms with Crippen molar-refractivity contribution < 1.29 is 36.1 Å². The van der Waals surface area contributed by atoms with Crippen molar-refractivity contribution in [1.82, 2.24) is 0 Å². The topological polar surface area (TPSA) is 68.9 Å². The molecule has 4 nitrogen and oxygen atoms in total. The van der Waals surface area contributed by atoms with E-state index in [2.05, 4.69) is 57.4 Å². The van der Waals surface area contributed by atoms with E-state index in [1.165, 1.54) is 11.1 Å². The molecule has 100 valence electrons. The Labute approximate surface area is 128 Å². The minimum absolute atomic E-state index is 0. The Morgan fingerprint density at radius 1 is 1.00 bits per heavy atom. The molecule has 0 spiro atoms. The summed E-state index contributed by atoms with van der Waals surface area (Å²) in [7, 11) is 0. The van der Waals surface area contributed by atoms with Crippen LogP contribution in [0.1, 0.15) is 29.6 Å². The normalized spacial score (nSPS) is 17.5. The van der Waals surface area contributed by atoms with Crippen molar-refractivity contribution >= 4 is 11.8 Å². The Morgan fingerprint density at radius 3 is 1.84 bits per heavy atom. The van der Waals surface area contributed by atoms with E-state index in [0.29, 0.717) is 0 Å². The summed E-state index contributed by atoms with van der Waals surface area (Å²) in [6.45, 7) is 15.6. The SMILES string of the molecule is CS[C@H]1O[C@H](C)c2ccccc21.[C-]#[O+].[C-]#[O+].[C-]#[O+].[Cr]. The maximum absolute atomic E-state index is 7.50. The molecule has 1 aromatic carbocycles. The third-order valence-corrected chi connectivity index (χ3v) is 3.02. The molecule has 19 heavy (non-hydrogen) atoms. The molecule has 2 atom stereocenters. The molecule has 0 saturated carbocycles. The van der Waals surface area contributed by atoms with Gasteiger partial charge in [-0.3, -0.25) is 0 Å². The van der Waals surface area contributed by atoms with Crippen molar-refractivity contribution in [2.75, 3.05) is 6.26 Å². The summed E-state index contributed by atoms with van der Waals surface area (Å²) in [5, 5.41) is 0. The molecule has 0 saturated heterocycles. The third-order valence-electron chi connectivity index (χ3n) is 2.23. The second kappa shape index (κ2) is 15.3. The first-order valence-electron chi connectivity index (χ1n) is 4.71. The van der Waals surface area contributed by atoms with Crippen molar-refractivity contribution in [3.63, 3.8) is 0 Å². The zero-order valence-electron chi connectivity index (χ0n) is 10.4. The number of fused-ring (bicyclic) bond motifs is 1. The molecule has 0 bridgehead atoms. The number of rotatable bonds is 1. The van der Waals surface area contributed by atoms with Crippen molar-refractivity contribution in [1.29, 1.82) is 0 Å². The van der Waals surface area contributed by atoms with E-state index in [-0.39, 0.29) is 28.9 Å². The quantitative estimate of drug-likeness (QED) is 0.590. The van der Waals surface area contributed by atoms with Crippen LogP contribution < -0.4 is 0 Å². The molecule has 0 amide bonds. The average Bonchev–Trinajstić information content (AvgIpc) is 2.82. The van der Waals surface area contributed by atoms with Crippen LogP contribution in [0.25, 0.3) is 0 Å². The molecule has 0 N–H and O–H groups in total. The largest absolute Gasteiger partial charge is 0 e. The number of benzene rings is 1. The maximum atomic E-state index is 7.50. The van der Waals surface area contributed by atoms with E-state index in [4.69, 9.17) is 18.7 Å². The van der Waals surface area contributed by atoms with Gasteiger partial charge >= 0.3 is 33.9 Å². The van der Waals surface area contributed by atoms with E-state index in [9.17, 15) is 0 Å². The van der Waals surface area contributed by atoms with Crippen molar-refractivity contribution in [3.05, 3.63) is 55.3 Å². The van der Waals surface area contributed by atoms with Crippen LogP contribution in [0.3, 0.4) is 0 Å². The summed E-state index contributed by atoms with van der Waals surface area (Å²) < 4.78 is 28.2. The second-order valence-corrected chi connectivity index (χ2v) is 3.87.